The number of rotatable bonds is 3. The molecule has 0 bridgehead atoms. The number of hydrogen-bond acceptors (Lipinski definition) is 2. The third-order valence-electron chi connectivity index (χ3n) is 3.94. The summed E-state index contributed by atoms with van der Waals surface area (Å²) in [7, 11) is 0. The molecule has 2 fully saturated rings. The highest BCUT2D eigenvalue weighted by atomic mass is 35.5. The Kier molecular flexibility index (Phi) is 4.54. The average Bonchev–Trinajstić information content (AvgIpc) is 2.79. The highest BCUT2D eigenvalue weighted by Gasteiger charge is 2.35. The van der Waals surface area contributed by atoms with Crippen molar-refractivity contribution in [1.29, 1.82) is 0 Å². The number of alkyl halides is 1. The zero-order valence-corrected chi connectivity index (χ0v) is 12.2. The van der Waals surface area contributed by atoms with Gasteiger partial charge in [0.25, 0.3) is 0 Å². The minimum Gasteiger partial charge on any atom is -0.367 e. The molecule has 4 heteroatoms. The van der Waals surface area contributed by atoms with Gasteiger partial charge in [0.2, 0.25) is 5.91 Å². The van der Waals surface area contributed by atoms with Crippen LogP contribution in [0.5, 0.6) is 0 Å². The van der Waals surface area contributed by atoms with Gasteiger partial charge >= 0.3 is 0 Å². The number of nitrogens with zero attached hydrogens (tertiary/aromatic N) is 1. The number of morpholine rings is 1. The van der Waals surface area contributed by atoms with Gasteiger partial charge in [-0.3, -0.25) is 4.79 Å². The van der Waals surface area contributed by atoms with Crippen molar-refractivity contribution in [3.63, 3.8) is 0 Å². The molecule has 1 atom stereocenters. The molecule has 1 aliphatic heterocycles. The molecule has 2 rings (SSSR count). The van der Waals surface area contributed by atoms with Crippen LogP contribution < -0.4 is 0 Å². The summed E-state index contributed by atoms with van der Waals surface area (Å²) in [5.41, 5.74) is -0.275. The highest BCUT2D eigenvalue weighted by Crippen LogP contribution is 2.29. The summed E-state index contributed by atoms with van der Waals surface area (Å²) in [5, 5.41) is 0. The van der Waals surface area contributed by atoms with E-state index in [9.17, 15) is 4.79 Å². The summed E-state index contributed by atoms with van der Waals surface area (Å²) >= 11 is 5.88. The van der Waals surface area contributed by atoms with Crippen molar-refractivity contribution in [1.82, 2.24) is 4.90 Å². The molecule has 0 aromatic rings. The first kappa shape index (κ1) is 14.1. The molecule has 1 amide bonds. The molecule has 0 spiro atoms. The van der Waals surface area contributed by atoms with Crippen molar-refractivity contribution in [2.75, 3.05) is 19.0 Å². The zero-order valence-electron chi connectivity index (χ0n) is 11.5. The van der Waals surface area contributed by atoms with Crippen molar-refractivity contribution in [2.45, 2.75) is 57.7 Å². The van der Waals surface area contributed by atoms with Crippen LogP contribution in [0.3, 0.4) is 0 Å². The molecule has 2 aliphatic rings. The summed E-state index contributed by atoms with van der Waals surface area (Å²) in [6.45, 7) is 5.40. The molecule has 104 valence electrons. The summed E-state index contributed by atoms with van der Waals surface area (Å²) in [6, 6.07) is 0. The smallest absolute Gasteiger partial charge is 0.223 e. The minimum absolute atomic E-state index is 0.0251. The van der Waals surface area contributed by atoms with Gasteiger partial charge in [0.05, 0.1) is 17.6 Å². The van der Waals surface area contributed by atoms with Crippen LogP contribution in [0.25, 0.3) is 0 Å². The van der Waals surface area contributed by atoms with E-state index in [1.54, 1.807) is 0 Å². The van der Waals surface area contributed by atoms with Crippen molar-refractivity contribution in [3.8, 4) is 0 Å². The van der Waals surface area contributed by atoms with E-state index >= 15 is 0 Å². The van der Waals surface area contributed by atoms with Gasteiger partial charge in [-0.25, -0.2) is 0 Å². The lowest BCUT2D eigenvalue weighted by atomic mass is 10.0. The predicted octanol–water partition coefficient (Wildman–Crippen LogP) is 2.81. The van der Waals surface area contributed by atoms with E-state index in [-0.39, 0.29) is 17.6 Å². The largest absolute Gasteiger partial charge is 0.367 e. The second kappa shape index (κ2) is 5.79. The molecule has 1 aliphatic carbocycles. The Morgan fingerprint density at radius 3 is 2.67 bits per heavy atom. The average molecular weight is 274 g/mol. The topological polar surface area (TPSA) is 29.5 Å². The van der Waals surface area contributed by atoms with Gasteiger partial charge in [-0.1, -0.05) is 12.8 Å². The van der Waals surface area contributed by atoms with Crippen LogP contribution in [0.1, 0.15) is 46.0 Å². The van der Waals surface area contributed by atoms with Crippen molar-refractivity contribution >= 4 is 17.5 Å². The lowest BCUT2D eigenvalue weighted by molar-refractivity contribution is -0.158. The van der Waals surface area contributed by atoms with Crippen LogP contribution in [0.15, 0.2) is 0 Å². The fraction of sp³-hybridized carbons (Fsp3) is 0.929. The molecular weight excluding hydrogens is 250 g/mol. The lowest BCUT2D eigenvalue weighted by Gasteiger charge is -2.42. The quantitative estimate of drug-likeness (QED) is 0.740. The van der Waals surface area contributed by atoms with Crippen molar-refractivity contribution in [3.05, 3.63) is 0 Å². The second-order valence-electron chi connectivity index (χ2n) is 6.28. The number of carbonyl (C=O) groups is 1. The Morgan fingerprint density at radius 2 is 2.06 bits per heavy atom. The number of hydrogen-bond donors (Lipinski definition) is 0. The monoisotopic (exact) mass is 273 g/mol. The maximum atomic E-state index is 12.3. The molecule has 1 saturated carbocycles. The number of amides is 1. The Hall–Kier alpha value is -0.280. The molecule has 0 aromatic heterocycles. The third-order valence-corrected chi connectivity index (χ3v) is 4.29. The molecule has 18 heavy (non-hydrogen) atoms. The fourth-order valence-corrected chi connectivity index (χ4v) is 3.32. The zero-order chi connectivity index (χ0) is 13.2. The van der Waals surface area contributed by atoms with E-state index in [1.165, 1.54) is 25.7 Å². The molecule has 3 nitrogen and oxygen atoms in total. The van der Waals surface area contributed by atoms with E-state index in [0.717, 1.165) is 0 Å². The maximum Gasteiger partial charge on any atom is 0.223 e. The molecule has 1 heterocycles. The van der Waals surface area contributed by atoms with Gasteiger partial charge in [-0.05, 0) is 32.6 Å². The number of halogens is 1. The third kappa shape index (κ3) is 3.61. The fourth-order valence-electron chi connectivity index (χ4n) is 3.16. The number of carbonyl (C=O) groups excluding carboxylic acids is 1. The SMILES string of the molecule is CC1(C)CN(C(=O)CC2CCCC2)CC(CCl)O1. The van der Waals surface area contributed by atoms with Crippen LogP contribution >= 0.6 is 11.6 Å². The first-order valence-corrected chi connectivity index (χ1v) is 7.55. The van der Waals surface area contributed by atoms with Crippen LogP contribution in [0.4, 0.5) is 0 Å². The first-order chi connectivity index (χ1) is 8.50. The standard InChI is InChI=1S/C14H24ClNO2/c1-14(2)10-16(9-12(8-15)18-14)13(17)7-11-5-3-4-6-11/h11-12H,3-10H2,1-2H3. The molecule has 1 unspecified atom stereocenters. The summed E-state index contributed by atoms with van der Waals surface area (Å²) in [6.07, 6.45) is 5.71. The normalized spacial score (nSPS) is 28.6. The van der Waals surface area contributed by atoms with Crippen LogP contribution in [0, 0.1) is 5.92 Å². The van der Waals surface area contributed by atoms with Gasteiger partial charge in [0.15, 0.2) is 0 Å². The van der Waals surface area contributed by atoms with Gasteiger partial charge < -0.3 is 9.64 Å². The predicted molar refractivity (Wildman–Crippen MR) is 72.8 cm³/mol. The molecular formula is C14H24ClNO2. The molecule has 0 aromatic carbocycles. The molecule has 0 N–H and O–H groups in total. The van der Waals surface area contributed by atoms with Crippen molar-refractivity contribution < 1.29 is 9.53 Å². The van der Waals surface area contributed by atoms with Crippen molar-refractivity contribution in [2.24, 2.45) is 5.92 Å². The first-order valence-electron chi connectivity index (χ1n) is 7.02. The number of ether oxygens (including phenoxy) is 1. The Balaban J connectivity index is 1.91. The summed E-state index contributed by atoms with van der Waals surface area (Å²) < 4.78 is 5.85. The maximum absolute atomic E-state index is 12.3. The Bertz CT molecular complexity index is 300. The Labute approximate surface area is 115 Å². The van der Waals surface area contributed by atoms with Crippen LogP contribution in [-0.4, -0.2) is 41.5 Å². The van der Waals surface area contributed by atoms with Crippen LogP contribution in [-0.2, 0) is 9.53 Å². The van der Waals surface area contributed by atoms with E-state index in [2.05, 4.69) is 0 Å². The van der Waals surface area contributed by atoms with Gasteiger partial charge in [-0.15, -0.1) is 11.6 Å². The van der Waals surface area contributed by atoms with Gasteiger partial charge in [0.1, 0.15) is 0 Å². The molecule has 1 saturated heterocycles. The highest BCUT2D eigenvalue weighted by molar-refractivity contribution is 6.18. The lowest BCUT2D eigenvalue weighted by Crippen LogP contribution is -2.55. The second-order valence-corrected chi connectivity index (χ2v) is 6.59. The van der Waals surface area contributed by atoms with E-state index in [0.29, 0.717) is 31.3 Å². The summed E-state index contributed by atoms with van der Waals surface area (Å²) in [5.74, 6) is 1.35. The minimum atomic E-state index is -0.275. The van der Waals surface area contributed by atoms with Gasteiger partial charge in [-0.2, -0.15) is 0 Å². The Morgan fingerprint density at radius 1 is 1.39 bits per heavy atom. The van der Waals surface area contributed by atoms with Crippen LogP contribution in [0.2, 0.25) is 0 Å². The van der Waals surface area contributed by atoms with E-state index < -0.39 is 0 Å². The summed E-state index contributed by atoms with van der Waals surface area (Å²) in [4.78, 5) is 14.3. The molecule has 0 radical (unpaired) electrons. The van der Waals surface area contributed by atoms with E-state index in [4.69, 9.17) is 16.3 Å². The van der Waals surface area contributed by atoms with Gasteiger partial charge in [0, 0.05) is 19.5 Å². The van der Waals surface area contributed by atoms with E-state index in [1.807, 2.05) is 18.7 Å².